The maximum absolute atomic E-state index is 12.9. The normalized spacial score (nSPS) is 35.5. The van der Waals surface area contributed by atoms with Gasteiger partial charge in [-0.05, 0) is 75.5 Å². The Kier molecular flexibility index (Phi) is 5.17. The third kappa shape index (κ3) is 3.81. The van der Waals surface area contributed by atoms with Gasteiger partial charge in [0.05, 0.1) is 0 Å². The van der Waals surface area contributed by atoms with Gasteiger partial charge < -0.3 is 9.80 Å². The highest BCUT2D eigenvalue weighted by Gasteiger charge is 2.38. The van der Waals surface area contributed by atoms with Crippen LogP contribution in [-0.4, -0.2) is 48.4 Å². The summed E-state index contributed by atoms with van der Waals surface area (Å²) >= 11 is 0. The van der Waals surface area contributed by atoms with E-state index in [0.717, 1.165) is 37.1 Å². The number of rotatable bonds is 5. The fourth-order valence-corrected chi connectivity index (χ4v) is 5.73. The van der Waals surface area contributed by atoms with Crippen molar-refractivity contribution in [1.29, 1.82) is 0 Å². The summed E-state index contributed by atoms with van der Waals surface area (Å²) in [5, 5.41) is 0. The first-order valence-electron chi connectivity index (χ1n) is 10.7. The molecule has 0 spiro atoms. The molecule has 3 saturated carbocycles. The molecule has 4 aliphatic rings. The summed E-state index contributed by atoms with van der Waals surface area (Å²) in [4.78, 5) is 17.7. The van der Waals surface area contributed by atoms with Crippen molar-refractivity contribution in [2.24, 2.45) is 23.7 Å². The minimum Gasteiger partial charge on any atom is -0.341 e. The van der Waals surface area contributed by atoms with E-state index in [2.05, 4.69) is 16.8 Å². The van der Waals surface area contributed by atoms with Gasteiger partial charge in [0.25, 0.3) is 0 Å². The van der Waals surface area contributed by atoms with E-state index >= 15 is 0 Å². The number of hydrogen-bond acceptors (Lipinski definition) is 2. The number of hydrogen-bond donors (Lipinski definition) is 0. The van der Waals surface area contributed by atoms with Gasteiger partial charge in [-0.3, -0.25) is 4.79 Å². The Morgan fingerprint density at radius 2 is 1.54 bits per heavy atom. The Balaban J connectivity index is 1.23. The van der Waals surface area contributed by atoms with Gasteiger partial charge in [-0.2, -0.15) is 0 Å². The van der Waals surface area contributed by atoms with Gasteiger partial charge in [-0.15, -0.1) is 0 Å². The smallest absolute Gasteiger partial charge is 0.225 e. The summed E-state index contributed by atoms with van der Waals surface area (Å²) in [7, 11) is 2.08. The molecule has 0 aromatic heterocycles. The molecule has 1 aliphatic heterocycles. The number of carbonyl (C=O) groups is 1. The number of amides is 1. The molecule has 0 aromatic carbocycles. The lowest BCUT2D eigenvalue weighted by Gasteiger charge is -2.33. The lowest BCUT2D eigenvalue weighted by atomic mass is 9.79. The van der Waals surface area contributed by atoms with Crippen molar-refractivity contribution in [3.05, 3.63) is 0 Å². The van der Waals surface area contributed by atoms with E-state index in [1.807, 2.05) is 0 Å². The summed E-state index contributed by atoms with van der Waals surface area (Å²) in [5.41, 5.74) is 0. The van der Waals surface area contributed by atoms with Crippen LogP contribution in [0, 0.1) is 23.7 Å². The molecule has 3 nitrogen and oxygen atoms in total. The van der Waals surface area contributed by atoms with Crippen LogP contribution in [0.4, 0.5) is 0 Å². The molecule has 3 heteroatoms. The molecule has 0 aromatic rings. The molecule has 136 valence electrons. The van der Waals surface area contributed by atoms with Crippen molar-refractivity contribution < 1.29 is 4.79 Å². The third-order valence-electron chi connectivity index (χ3n) is 7.54. The minimum atomic E-state index is 0.328. The first-order chi connectivity index (χ1) is 11.7. The maximum atomic E-state index is 12.9. The zero-order valence-corrected chi connectivity index (χ0v) is 15.6. The molecular formula is C21H36N2O. The number of nitrogens with zero attached hydrogens (tertiary/aromatic N) is 2. The highest BCUT2D eigenvalue weighted by molar-refractivity contribution is 5.79. The lowest BCUT2D eigenvalue weighted by Crippen LogP contribution is -2.43. The Morgan fingerprint density at radius 1 is 0.917 bits per heavy atom. The van der Waals surface area contributed by atoms with E-state index in [4.69, 9.17) is 0 Å². The second kappa shape index (κ2) is 7.35. The van der Waals surface area contributed by atoms with Gasteiger partial charge in [0.1, 0.15) is 0 Å². The Hall–Kier alpha value is -0.570. The van der Waals surface area contributed by atoms with Crippen molar-refractivity contribution >= 4 is 5.91 Å². The van der Waals surface area contributed by atoms with Gasteiger partial charge in [0.15, 0.2) is 0 Å². The summed E-state index contributed by atoms with van der Waals surface area (Å²) in [5.74, 6) is 3.69. The summed E-state index contributed by atoms with van der Waals surface area (Å²) < 4.78 is 0. The van der Waals surface area contributed by atoms with E-state index in [-0.39, 0.29) is 0 Å². The van der Waals surface area contributed by atoms with E-state index in [9.17, 15) is 4.79 Å². The standard InChI is InChI=1S/C21H36N2O/c1-22(20-12-13-23(15-20)14-16-4-2-3-5-16)21(24)19-10-8-18(9-11-19)17-6-7-17/h16-20H,2-15H2,1H3. The van der Waals surface area contributed by atoms with E-state index in [1.165, 1.54) is 70.9 Å². The minimum absolute atomic E-state index is 0.328. The number of likely N-dealkylation sites (tertiary alicyclic amines) is 1. The quantitative estimate of drug-likeness (QED) is 0.762. The van der Waals surface area contributed by atoms with Crippen molar-refractivity contribution in [3.8, 4) is 0 Å². The van der Waals surface area contributed by atoms with Gasteiger partial charge in [-0.1, -0.05) is 12.8 Å². The molecule has 0 N–H and O–H groups in total. The van der Waals surface area contributed by atoms with Crippen molar-refractivity contribution in [2.45, 2.75) is 76.7 Å². The van der Waals surface area contributed by atoms with Crippen molar-refractivity contribution in [2.75, 3.05) is 26.7 Å². The average Bonchev–Trinajstić information content (AvgIpc) is 3.14. The number of likely N-dealkylation sites (N-methyl/N-ethyl adjacent to an activating group) is 1. The molecule has 0 radical (unpaired) electrons. The second-order valence-electron chi connectivity index (χ2n) is 9.25. The van der Waals surface area contributed by atoms with Gasteiger partial charge in [-0.25, -0.2) is 0 Å². The largest absolute Gasteiger partial charge is 0.341 e. The Labute approximate surface area is 148 Å². The molecule has 3 aliphatic carbocycles. The average molecular weight is 333 g/mol. The molecular weight excluding hydrogens is 296 g/mol. The molecule has 4 rings (SSSR count). The van der Waals surface area contributed by atoms with E-state index in [0.29, 0.717) is 17.9 Å². The predicted molar refractivity (Wildman–Crippen MR) is 97.7 cm³/mol. The third-order valence-corrected chi connectivity index (χ3v) is 7.54. The maximum Gasteiger partial charge on any atom is 0.225 e. The topological polar surface area (TPSA) is 23.6 Å². The molecule has 1 unspecified atom stereocenters. The van der Waals surface area contributed by atoms with Crippen LogP contribution in [0.3, 0.4) is 0 Å². The van der Waals surface area contributed by atoms with Gasteiger partial charge in [0.2, 0.25) is 5.91 Å². The fourth-order valence-electron chi connectivity index (χ4n) is 5.73. The Bertz CT molecular complexity index is 433. The van der Waals surface area contributed by atoms with Crippen LogP contribution in [0.25, 0.3) is 0 Å². The van der Waals surface area contributed by atoms with Gasteiger partial charge in [0, 0.05) is 38.6 Å². The van der Waals surface area contributed by atoms with Crippen LogP contribution in [0.5, 0.6) is 0 Å². The zero-order chi connectivity index (χ0) is 16.5. The highest BCUT2D eigenvalue weighted by atomic mass is 16.2. The molecule has 1 saturated heterocycles. The van der Waals surface area contributed by atoms with Crippen LogP contribution in [0.2, 0.25) is 0 Å². The zero-order valence-electron chi connectivity index (χ0n) is 15.6. The first-order valence-corrected chi connectivity index (χ1v) is 10.7. The van der Waals surface area contributed by atoms with Crippen LogP contribution >= 0.6 is 0 Å². The van der Waals surface area contributed by atoms with Crippen LogP contribution in [-0.2, 0) is 4.79 Å². The highest BCUT2D eigenvalue weighted by Crippen LogP contribution is 2.45. The second-order valence-corrected chi connectivity index (χ2v) is 9.25. The molecule has 4 fully saturated rings. The molecule has 24 heavy (non-hydrogen) atoms. The molecule has 1 amide bonds. The van der Waals surface area contributed by atoms with E-state index < -0.39 is 0 Å². The van der Waals surface area contributed by atoms with E-state index in [1.54, 1.807) is 0 Å². The Morgan fingerprint density at radius 3 is 2.17 bits per heavy atom. The summed E-state index contributed by atoms with van der Waals surface area (Å²) in [6.45, 7) is 3.61. The lowest BCUT2D eigenvalue weighted by molar-refractivity contribution is -0.137. The molecule has 0 bridgehead atoms. The fraction of sp³-hybridized carbons (Fsp3) is 0.952. The van der Waals surface area contributed by atoms with Crippen LogP contribution < -0.4 is 0 Å². The van der Waals surface area contributed by atoms with Gasteiger partial charge >= 0.3 is 0 Å². The van der Waals surface area contributed by atoms with Crippen LogP contribution in [0.1, 0.15) is 70.6 Å². The number of carbonyl (C=O) groups excluding carboxylic acids is 1. The summed E-state index contributed by atoms with van der Waals surface area (Å²) in [6, 6.07) is 0.472. The van der Waals surface area contributed by atoms with Crippen LogP contribution in [0.15, 0.2) is 0 Å². The summed E-state index contributed by atoms with van der Waals surface area (Å²) in [6.07, 6.45) is 14.8. The predicted octanol–water partition coefficient (Wildman–Crippen LogP) is 3.93. The first kappa shape index (κ1) is 16.9. The SMILES string of the molecule is CN(C(=O)C1CCC(C2CC2)CC1)C1CCN(CC2CCCC2)C1. The monoisotopic (exact) mass is 332 g/mol. The van der Waals surface area contributed by atoms with Crippen molar-refractivity contribution in [3.63, 3.8) is 0 Å². The van der Waals surface area contributed by atoms with Crippen molar-refractivity contribution in [1.82, 2.24) is 9.80 Å². The molecule has 1 atom stereocenters. The molecule has 1 heterocycles.